The highest BCUT2D eigenvalue weighted by molar-refractivity contribution is 7.89. The lowest BCUT2D eigenvalue weighted by molar-refractivity contribution is -0.0500. The van der Waals surface area contributed by atoms with Gasteiger partial charge in [0.1, 0.15) is 17.2 Å². The number of aromatic nitrogens is 2. The fraction of sp³-hybridized carbons (Fsp3) is 0.286. The van der Waals surface area contributed by atoms with Crippen molar-refractivity contribution >= 4 is 61.0 Å². The van der Waals surface area contributed by atoms with Crippen molar-refractivity contribution in [3.63, 3.8) is 0 Å². The number of methoxy groups -OCH3 is 2. The lowest BCUT2D eigenvalue weighted by atomic mass is 9.81. The lowest BCUT2D eigenvalue weighted by Gasteiger charge is -2.24. The van der Waals surface area contributed by atoms with Crippen molar-refractivity contribution in [1.82, 2.24) is 13.9 Å². The highest BCUT2D eigenvalue weighted by atomic mass is 32.2. The first-order chi connectivity index (χ1) is 36.5. The van der Waals surface area contributed by atoms with E-state index in [4.69, 9.17) is 14.2 Å². The van der Waals surface area contributed by atoms with E-state index < -0.39 is 22.5 Å². The van der Waals surface area contributed by atoms with Gasteiger partial charge in [-0.05, 0) is 149 Å². The first-order valence-corrected chi connectivity index (χ1v) is 28.0. The number of amides is 1. The second-order valence-corrected chi connectivity index (χ2v) is 22.1. The first kappa shape index (κ1) is 49.8. The Morgan fingerprint density at radius 1 is 0.587 bits per heavy atom. The fourth-order valence-corrected chi connectivity index (χ4v) is 12.8. The van der Waals surface area contributed by atoms with Gasteiger partial charge < -0.3 is 23.3 Å². The number of halogens is 2. The predicted molar refractivity (Wildman–Crippen MR) is 297 cm³/mol. The van der Waals surface area contributed by atoms with Gasteiger partial charge in [0, 0.05) is 57.1 Å². The van der Waals surface area contributed by atoms with Crippen LogP contribution in [0.5, 0.6) is 17.2 Å². The number of benzene rings is 6. The average Bonchev–Trinajstić information content (AvgIpc) is 3.78. The van der Waals surface area contributed by atoms with Crippen molar-refractivity contribution in [2.45, 2.75) is 95.7 Å². The Kier molecular flexibility index (Phi) is 14.0. The number of para-hydroxylation sites is 2. The highest BCUT2D eigenvalue weighted by Crippen LogP contribution is 2.50. The van der Waals surface area contributed by atoms with Gasteiger partial charge in [-0.25, -0.2) is 13.1 Å². The largest absolute Gasteiger partial charge is 0.497 e. The molecule has 2 aliphatic carbocycles. The fourth-order valence-electron chi connectivity index (χ4n) is 12.3. The molecular weight excluding hydrogens is 965 g/mol. The molecule has 4 heterocycles. The van der Waals surface area contributed by atoms with Crippen molar-refractivity contribution in [2.24, 2.45) is 0 Å². The Morgan fingerprint density at radius 2 is 1.12 bits per heavy atom. The summed E-state index contributed by atoms with van der Waals surface area (Å²) < 4.78 is 73.4. The molecule has 2 aliphatic heterocycles. The third-order valence-corrected chi connectivity index (χ3v) is 16.2. The van der Waals surface area contributed by atoms with E-state index in [1.165, 1.54) is 89.0 Å². The van der Waals surface area contributed by atoms with Crippen LogP contribution in [-0.2, 0) is 23.1 Å². The van der Waals surface area contributed by atoms with Crippen LogP contribution < -0.4 is 18.9 Å². The van der Waals surface area contributed by atoms with Crippen LogP contribution in [0.15, 0.2) is 133 Å². The van der Waals surface area contributed by atoms with Gasteiger partial charge in [0.25, 0.3) is 5.91 Å². The normalized spacial score (nSPS) is 15.8. The summed E-state index contributed by atoms with van der Waals surface area (Å²) >= 11 is 0. The van der Waals surface area contributed by atoms with E-state index in [1.54, 1.807) is 50.1 Å². The third kappa shape index (κ3) is 10.00. The van der Waals surface area contributed by atoms with E-state index in [9.17, 15) is 22.0 Å². The monoisotopic (exact) mass is 1030 g/mol. The van der Waals surface area contributed by atoms with Crippen molar-refractivity contribution in [2.75, 3.05) is 20.5 Å². The quantitative estimate of drug-likeness (QED) is 0.146. The van der Waals surface area contributed by atoms with E-state index in [-0.39, 0.29) is 17.2 Å². The summed E-state index contributed by atoms with van der Waals surface area (Å²) in [5, 5.41) is 2.42. The summed E-state index contributed by atoms with van der Waals surface area (Å²) in [4.78, 5) is 12.9. The van der Waals surface area contributed by atoms with Crippen LogP contribution in [0, 0.1) is 0 Å². The molecule has 2 aromatic heterocycles. The van der Waals surface area contributed by atoms with Crippen LogP contribution >= 0.6 is 0 Å². The van der Waals surface area contributed by atoms with Crippen LogP contribution in [0.2, 0.25) is 0 Å². The second kappa shape index (κ2) is 21.1. The standard InChI is InChI=1S/C33H32F2N2O5S.C30H29NO/c1-41-24-13-15-26-22(17-24)16-23(25-10-6-7-11-29(25)42-33(34)35)19-37-28-18-21(32(38)36-43(2,39)40)12-14-27(28)30(31(26)37)20-8-4-3-5-9-20;1-32-25-16-17-26-23(19-25)18-24(21-10-4-2-5-11-21)20-31-28-15-9-8-14-27(28)29(30(26)31)22-12-6-3-7-13-22/h6-7,10-18,20,33H,3-5,8-9,19H2,1-2H3,(H,36,38);2,4-5,8-11,14-19,22H,3,6-7,12-13,20H2,1H3. The minimum atomic E-state index is -3.77. The topological polar surface area (TPSA) is 101 Å². The molecule has 384 valence electrons. The molecule has 12 rings (SSSR count). The van der Waals surface area contributed by atoms with Crippen LogP contribution in [0.1, 0.15) is 120 Å². The summed E-state index contributed by atoms with van der Waals surface area (Å²) in [6, 6.07) is 44.3. The summed E-state index contributed by atoms with van der Waals surface area (Å²) in [6.45, 7) is -1.81. The molecule has 0 atom stereocenters. The molecule has 6 aromatic carbocycles. The molecule has 4 aliphatic rings. The molecule has 0 unspecified atom stereocenters. The lowest BCUT2D eigenvalue weighted by Crippen LogP contribution is -2.29. The number of carbonyl (C=O) groups is 1. The molecular formula is C63H61F2N3O6S. The predicted octanol–water partition coefficient (Wildman–Crippen LogP) is 15.1. The Hall–Kier alpha value is -7.44. The number of fused-ring (bicyclic) bond motifs is 10. The van der Waals surface area contributed by atoms with E-state index in [0.29, 0.717) is 23.8 Å². The first-order valence-electron chi connectivity index (χ1n) is 26.1. The highest BCUT2D eigenvalue weighted by Gasteiger charge is 2.32. The van der Waals surface area contributed by atoms with E-state index in [2.05, 4.69) is 92.7 Å². The van der Waals surface area contributed by atoms with Gasteiger partial charge in [-0.15, -0.1) is 0 Å². The van der Waals surface area contributed by atoms with Crippen molar-refractivity contribution in [3.8, 4) is 39.8 Å². The van der Waals surface area contributed by atoms with Crippen molar-refractivity contribution < 1.29 is 36.2 Å². The summed E-state index contributed by atoms with van der Waals surface area (Å²) in [6.07, 6.45) is 17.4. The zero-order valence-electron chi connectivity index (χ0n) is 42.6. The molecule has 0 bridgehead atoms. The van der Waals surface area contributed by atoms with Crippen molar-refractivity contribution in [1.29, 1.82) is 0 Å². The van der Waals surface area contributed by atoms with Gasteiger partial charge in [0.05, 0.1) is 31.9 Å². The molecule has 2 saturated carbocycles. The minimum Gasteiger partial charge on any atom is -0.497 e. The SMILES string of the molecule is COc1ccc2c(c1)C=C(c1ccccc1)Cn1c-2c(C2CCCCC2)c2ccccc21.COc1ccc2c(c1)C=C(c1ccccc1OC(F)F)Cn1c-2c(C2CCCCC2)c2ccc(C(=O)NS(C)(=O)=O)cc21. The van der Waals surface area contributed by atoms with Crippen molar-refractivity contribution in [3.05, 3.63) is 172 Å². The maximum Gasteiger partial charge on any atom is 0.387 e. The van der Waals surface area contributed by atoms with Crippen LogP contribution in [-0.4, -0.2) is 50.5 Å². The van der Waals surface area contributed by atoms with Crippen LogP contribution in [0.25, 0.3) is 67.6 Å². The Morgan fingerprint density at radius 3 is 1.72 bits per heavy atom. The summed E-state index contributed by atoms with van der Waals surface area (Å²) in [5.41, 5.74) is 15.8. The van der Waals surface area contributed by atoms with Gasteiger partial charge in [-0.2, -0.15) is 8.78 Å². The number of nitrogens with zero attached hydrogens (tertiary/aromatic N) is 2. The smallest absolute Gasteiger partial charge is 0.387 e. The molecule has 12 heteroatoms. The number of ether oxygens (including phenoxy) is 3. The average molecular weight is 1030 g/mol. The zero-order valence-corrected chi connectivity index (χ0v) is 43.4. The van der Waals surface area contributed by atoms with Crippen LogP contribution in [0.4, 0.5) is 8.78 Å². The Bertz CT molecular complexity index is 3640. The summed E-state index contributed by atoms with van der Waals surface area (Å²) in [7, 11) is -0.414. The molecule has 9 nitrogen and oxygen atoms in total. The third-order valence-electron chi connectivity index (χ3n) is 15.6. The number of hydrogen-bond acceptors (Lipinski definition) is 6. The van der Waals surface area contributed by atoms with Gasteiger partial charge >= 0.3 is 6.61 Å². The molecule has 1 amide bonds. The van der Waals surface area contributed by atoms with E-state index in [0.717, 1.165) is 77.5 Å². The summed E-state index contributed by atoms with van der Waals surface area (Å²) in [5.74, 6) is 1.84. The molecule has 0 spiro atoms. The van der Waals surface area contributed by atoms with Gasteiger partial charge in [0.15, 0.2) is 0 Å². The number of alkyl halides is 2. The van der Waals surface area contributed by atoms with Gasteiger partial charge in [0.2, 0.25) is 10.0 Å². The second-order valence-electron chi connectivity index (χ2n) is 20.3. The van der Waals surface area contributed by atoms with E-state index >= 15 is 0 Å². The minimum absolute atomic E-state index is 0.0637. The number of sulfonamides is 1. The molecule has 1 N–H and O–H groups in total. The zero-order chi connectivity index (χ0) is 51.8. The molecule has 8 aromatic rings. The molecule has 0 radical (unpaired) electrons. The Labute approximate surface area is 437 Å². The number of nitrogens with one attached hydrogen (secondary N) is 1. The maximum absolute atomic E-state index is 13.4. The Balaban J connectivity index is 0.000000167. The van der Waals surface area contributed by atoms with Crippen LogP contribution in [0.3, 0.4) is 0 Å². The number of carbonyl (C=O) groups excluding carboxylic acids is 1. The van der Waals surface area contributed by atoms with Gasteiger partial charge in [-0.1, -0.05) is 111 Å². The number of hydrogen-bond donors (Lipinski definition) is 1. The maximum atomic E-state index is 13.4. The molecule has 75 heavy (non-hydrogen) atoms. The molecule has 2 fully saturated rings. The number of rotatable bonds is 10. The molecule has 0 saturated heterocycles. The van der Waals surface area contributed by atoms with E-state index in [1.807, 2.05) is 30.3 Å². The number of allylic oxidation sites excluding steroid dienone is 2. The van der Waals surface area contributed by atoms with Gasteiger partial charge in [-0.3, -0.25) is 4.79 Å².